The number of hydrogen-bond donors (Lipinski definition) is 2. The molecule has 1 atom stereocenters. The maximum Gasteiger partial charge on any atom is 0.191 e. The van der Waals surface area contributed by atoms with E-state index in [-0.39, 0.29) is 30.0 Å². The van der Waals surface area contributed by atoms with Crippen molar-refractivity contribution in [3.05, 3.63) is 54.3 Å². The van der Waals surface area contributed by atoms with Crippen LogP contribution in [-0.4, -0.2) is 28.6 Å². The van der Waals surface area contributed by atoms with E-state index < -0.39 is 0 Å². The molecule has 28 heavy (non-hydrogen) atoms. The minimum absolute atomic E-state index is 0. The number of guanidine groups is 1. The molecule has 3 rings (SSSR count). The van der Waals surface area contributed by atoms with Crippen LogP contribution in [0.3, 0.4) is 0 Å². The van der Waals surface area contributed by atoms with Crippen LogP contribution >= 0.6 is 24.0 Å². The van der Waals surface area contributed by atoms with Gasteiger partial charge >= 0.3 is 0 Å². The third-order valence-corrected chi connectivity index (χ3v) is 4.57. The quantitative estimate of drug-likeness (QED) is 0.207. The van der Waals surface area contributed by atoms with Gasteiger partial charge in [0.15, 0.2) is 5.96 Å². The Morgan fingerprint density at radius 1 is 1.29 bits per heavy atom. The topological polar surface area (TPSA) is 67.4 Å². The molecule has 1 unspecified atom stereocenters. The summed E-state index contributed by atoms with van der Waals surface area (Å²) in [6, 6.07) is 10.2. The molecule has 3 aromatic rings. The molecular formula is C21H30IN5O. The highest BCUT2D eigenvalue weighted by Gasteiger charge is 2.12. The third-order valence-electron chi connectivity index (χ3n) is 4.57. The van der Waals surface area contributed by atoms with Gasteiger partial charge in [0.1, 0.15) is 17.2 Å². The zero-order chi connectivity index (χ0) is 19.1. The molecule has 0 aliphatic heterocycles. The van der Waals surface area contributed by atoms with E-state index in [0.717, 1.165) is 61.0 Å². The molecule has 0 radical (unpaired) electrons. The van der Waals surface area contributed by atoms with Crippen molar-refractivity contribution in [3.63, 3.8) is 0 Å². The van der Waals surface area contributed by atoms with Gasteiger partial charge in [-0.2, -0.15) is 0 Å². The lowest BCUT2D eigenvalue weighted by Gasteiger charge is -2.16. The average molecular weight is 495 g/mol. The second-order valence-corrected chi connectivity index (χ2v) is 6.69. The van der Waals surface area contributed by atoms with Gasteiger partial charge in [-0.3, -0.25) is 4.99 Å². The predicted octanol–water partition coefficient (Wildman–Crippen LogP) is 4.65. The summed E-state index contributed by atoms with van der Waals surface area (Å²) in [5, 5.41) is 7.87. The van der Waals surface area contributed by atoms with Crippen molar-refractivity contribution in [2.75, 3.05) is 13.1 Å². The van der Waals surface area contributed by atoms with Crippen molar-refractivity contribution in [2.45, 2.75) is 46.2 Å². The molecule has 2 aromatic heterocycles. The summed E-state index contributed by atoms with van der Waals surface area (Å²) in [5.41, 5.74) is 0.915. The normalized spacial score (nSPS) is 12.6. The van der Waals surface area contributed by atoms with Crippen molar-refractivity contribution in [1.82, 2.24) is 20.2 Å². The smallest absolute Gasteiger partial charge is 0.191 e. The van der Waals surface area contributed by atoms with E-state index in [4.69, 9.17) is 9.41 Å². The van der Waals surface area contributed by atoms with Crippen LogP contribution in [0.5, 0.6) is 0 Å². The van der Waals surface area contributed by atoms with Crippen molar-refractivity contribution in [2.24, 2.45) is 4.99 Å². The number of aryl methyl sites for hydroxylation is 2. The molecule has 0 spiro atoms. The van der Waals surface area contributed by atoms with Crippen LogP contribution in [0.1, 0.15) is 44.3 Å². The van der Waals surface area contributed by atoms with Crippen LogP contribution in [0.15, 0.2) is 52.1 Å². The summed E-state index contributed by atoms with van der Waals surface area (Å²) in [7, 11) is 0. The lowest BCUT2D eigenvalue weighted by molar-refractivity contribution is 0.488. The second kappa shape index (κ2) is 11.1. The molecule has 0 saturated carbocycles. The first kappa shape index (κ1) is 22.3. The largest absolute Gasteiger partial charge is 0.459 e. The number of para-hydroxylation sites is 1. The maximum atomic E-state index is 5.95. The third kappa shape index (κ3) is 5.98. The number of hydrogen-bond acceptors (Lipinski definition) is 3. The van der Waals surface area contributed by atoms with Gasteiger partial charge in [0.25, 0.3) is 0 Å². The van der Waals surface area contributed by atoms with Crippen LogP contribution in [0.2, 0.25) is 0 Å². The first-order chi connectivity index (χ1) is 13.2. The molecule has 152 valence electrons. The molecular weight excluding hydrogens is 465 g/mol. The first-order valence-corrected chi connectivity index (χ1v) is 9.68. The number of benzene rings is 1. The average Bonchev–Trinajstić information content (AvgIpc) is 3.27. The van der Waals surface area contributed by atoms with E-state index >= 15 is 0 Å². The molecule has 0 amide bonds. The molecule has 0 aliphatic carbocycles. The lowest BCUT2D eigenvalue weighted by atomic mass is 10.2. The number of rotatable bonds is 8. The van der Waals surface area contributed by atoms with Crippen LogP contribution in [-0.2, 0) is 6.54 Å². The highest BCUT2D eigenvalue weighted by Crippen LogP contribution is 2.23. The van der Waals surface area contributed by atoms with Crippen molar-refractivity contribution < 1.29 is 4.42 Å². The van der Waals surface area contributed by atoms with E-state index in [9.17, 15) is 0 Å². The number of nitrogens with one attached hydrogen (secondary N) is 2. The van der Waals surface area contributed by atoms with Crippen molar-refractivity contribution in [3.8, 4) is 0 Å². The Morgan fingerprint density at radius 3 is 2.82 bits per heavy atom. The molecule has 7 heteroatoms. The van der Waals surface area contributed by atoms with Gasteiger partial charge in [0.05, 0.1) is 6.04 Å². The number of unbranched alkanes of at least 4 members (excludes halogenated alkanes) is 1. The lowest BCUT2D eigenvalue weighted by Crippen LogP contribution is -2.38. The zero-order valence-electron chi connectivity index (χ0n) is 16.8. The molecule has 6 nitrogen and oxygen atoms in total. The molecule has 1 aromatic carbocycles. The van der Waals surface area contributed by atoms with E-state index in [1.807, 2.05) is 37.5 Å². The highest BCUT2D eigenvalue weighted by molar-refractivity contribution is 14.0. The SMILES string of the molecule is CCNC(=NCCCCn1ccnc1C)NC(C)c1cc2ccccc2o1.I. The van der Waals surface area contributed by atoms with Crippen molar-refractivity contribution in [1.29, 1.82) is 0 Å². The molecule has 0 fully saturated rings. The maximum absolute atomic E-state index is 5.95. The number of nitrogens with zero attached hydrogens (tertiary/aromatic N) is 3. The predicted molar refractivity (Wildman–Crippen MR) is 125 cm³/mol. The molecule has 0 saturated heterocycles. The number of imidazole rings is 1. The Hall–Kier alpha value is -2.03. The minimum Gasteiger partial charge on any atom is -0.459 e. The van der Waals surface area contributed by atoms with Gasteiger partial charge in [-0.15, -0.1) is 24.0 Å². The molecule has 2 N–H and O–H groups in total. The van der Waals surface area contributed by atoms with E-state index in [1.54, 1.807) is 0 Å². The molecule has 0 aliphatic rings. The zero-order valence-corrected chi connectivity index (χ0v) is 19.1. The number of aliphatic imine (C=N–C) groups is 1. The van der Waals surface area contributed by atoms with Gasteiger partial charge < -0.3 is 19.6 Å². The van der Waals surface area contributed by atoms with Gasteiger partial charge in [0.2, 0.25) is 0 Å². The fraction of sp³-hybridized carbons (Fsp3) is 0.429. The highest BCUT2D eigenvalue weighted by atomic mass is 127. The Balaban J connectivity index is 0.00000280. The summed E-state index contributed by atoms with van der Waals surface area (Å²) < 4.78 is 8.13. The monoisotopic (exact) mass is 495 g/mol. The number of furan rings is 1. The van der Waals surface area contributed by atoms with Crippen molar-refractivity contribution >= 4 is 40.9 Å². The summed E-state index contributed by atoms with van der Waals surface area (Å²) in [4.78, 5) is 8.95. The van der Waals surface area contributed by atoms with Crippen LogP contribution in [0.25, 0.3) is 11.0 Å². The van der Waals surface area contributed by atoms with Crippen LogP contribution < -0.4 is 10.6 Å². The number of fused-ring (bicyclic) bond motifs is 1. The standard InChI is InChI=1S/C21H29N5O.HI/c1-4-22-21(24-11-7-8-13-26-14-12-23-17(26)3)25-16(2)20-15-18-9-5-6-10-19(18)27-20;/h5-6,9-10,12,14-16H,4,7-8,11,13H2,1-3H3,(H2,22,24,25);1H. The number of halogens is 1. The summed E-state index contributed by atoms with van der Waals surface area (Å²) in [6.45, 7) is 8.80. The van der Waals surface area contributed by atoms with Crippen LogP contribution in [0, 0.1) is 6.92 Å². The molecule has 2 heterocycles. The molecule has 0 bridgehead atoms. The van der Waals surface area contributed by atoms with Crippen LogP contribution in [0.4, 0.5) is 0 Å². The summed E-state index contributed by atoms with van der Waals surface area (Å²) >= 11 is 0. The van der Waals surface area contributed by atoms with Gasteiger partial charge in [-0.1, -0.05) is 18.2 Å². The van der Waals surface area contributed by atoms with E-state index in [2.05, 4.69) is 46.2 Å². The minimum atomic E-state index is 0. The fourth-order valence-corrected chi connectivity index (χ4v) is 3.04. The number of aromatic nitrogens is 2. The Bertz CT molecular complexity index is 853. The van der Waals surface area contributed by atoms with Gasteiger partial charge in [0, 0.05) is 37.4 Å². The second-order valence-electron chi connectivity index (χ2n) is 6.69. The Morgan fingerprint density at radius 2 is 2.11 bits per heavy atom. The summed E-state index contributed by atoms with van der Waals surface area (Å²) in [6.07, 6.45) is 5.99. The Labute approximate surface area is 183 Å². The fourth-order valence-electron chi connectivity index (χ4n) is 3.04. The summed E-state index contributed by atoms with van der Waals surface area (Å²) in [5.74, 6) is 2.80. The first-order valence-electron chi connectivity index (χ1n) is 9.68. The van der Waals surface area contributed by atoms with E-state index in [0.29, 0.717) is 0 Å². The Kier molecular flexibility index (Phi) is 8.82. The van der Waals surface area contributed by atoms with Gasteiger partial charge in [-0.05, 0) is 45.7 Å². The van der Waals surface area contributed by atoms with E-state index in [1.165, 1.54) is 0 Å². The van der Waals surface area contributed by atoms with Gasteiger partial charge in [-0.25, -0.2) is 4.98 Å².